The van der Waals surface area contributed by atoms with Gasteiger partial charge in [-0.2, -0.15) is 0 Å². The van der Waals surface area contributed by atoms with Crippen LogP contribution in [0.15, 0.2) is 36.5 Å². The number of nitrogens with one attached hydrogen (secondary N) is 1. The number of carbonyl (C=O) groups is 1. The van der Waals surface area contributed by atoms with Crippen LogP contribution in [0, 0.1) is 13.8 Å². The predicted octanol–water partition coefficient (Wildman–Crippen LogP) is 1.30. The fourth-order valence-electron chi connectivity index (χ4n) is 2.22. The molecule has 2 aromatic heterocycles. The minimum Gasteiger partial charge on any atom is -0.392 e. The molecule has 1 N–H and O–H groups in total. The predicted molar refractivity (Wildman–Crippen MR) is 85.0 cm³/mol. The third kappa shape index (κ3) is 3.13. The van der Waals surface area contributed by atoms with E-state index >= 15 is 0 Å². The van der Waals surface area contributed by atoms with Gasteiger partial charge in [0.05, 0.1) is 6.54 Å². The zero-order valence-corrected chi connectivity index (χ0v) is 13.0. The van der Waals surface area contributed by atoms with Crippen molar-refractivity contribution in [3.8, 4) is 0 Å². The summed E-state index contributed by atoms with van der Waals surface area (Å²) < 4.78 is 0. The highest BCUT2D eigenvalue weighted by atomic mass is 16.7. The molecule has 23 heavy (non-hydrogen) atoms. The first-order valence-corrected chi connectivity index (χ1v) is 7.31. The molecule has 0 unspecified atom stereocenters. The van der Waals surface area contributed by atoms with Gasteiger partial charge in [-0.3, -0.25) is 4.79 Å². The molecule has 0 atom stereocenters. The summed E-state index contributed by atoms with van der Waals surface area (Å²) in [6.07, 6.45) is 1.65. The summed E-state index contributed by atoms with van der Waals surface area (Å²) >= 11 is 0. The van der Waals surface area contributed by atoms with Gasteiger partial charge in [-0.25, -0.2) is 4.98 Å². The molecule has 0 bridgehead atoms. The van der Waals surface area contributed by atoms with Crippen LogP contribution in [0.25, 0.3) is 11.2 Å². The van der Waals surface area contributed by atoms with Crippen molar-refractivity contribution in [3.63, 3.8) is 0 Å². The number of nitrogens with zero attached hydrogens (tertiary/aromatic N) is 4. The monoisotopic (exact) mass is 311 g/mol. The fourth-order valence-corrected chi connectivity index (χ4v) is 2.22. The van der Waals surface area contributed by atoms with Crippen molar-refractivity contribution < 1.29 is 9.63 Å². The van der Waals surface area contributed by atoms with Gasteiger partial charge in [0.1, 0.15) is 12.1 Å². The Morgan fingerprint density at radius 3 is 3.00 bits per heavy atom. The lowest BCUT2D eigenvalue weighted by molar-refractivity contribution is 0.0797. The number of amides is 1. The SMILES string of the molecule is Cc1cccc(C(=O)NCCOn2nnc3cccnc32)c1C. The first-order chi connectivity index (χ1) is 11.2. The Hall–Kier alpha value is -2.96. The second-order valence-electron chi connectivity index (χ2n) is 5.15. The number of pyridine rings is 1. The molecular formula is C16H17N5O2. The molecule has 0 aliphatic rings. The van der Waals surface area contributed by atoms with E-state index in [0.717, 1.165) is 11.1 Å². The van der Waals surface area contributed by atoms with E-state index in [-0.39, 0.29) is 12.5 Å². The maximum Gasteiger partial charge on any atom is 0.251 e. The van der Waals surface area contributed by atoms with Crippen LogP contribution in [0.2, 0.25) is 0 Å². The van der Waals surface area contributed by atoms with E-state index in [1.165, 1.54) is 4.85 Å². The minimum absolute atomic E-state index is 0.114. The third-order valence-electron chi connectivity index (χ3n) is 3.63. The summed E-state index contributed by atoms with van der Waals surface area (Å²) in [5, 5.41) is 10.6. The molecule has 1 aromatic carbocycles. The largest absolute Gasteiger partial charge is 0.392 e. The lowest BCUT2D eigenvalue weighted by Crippen LogP contribution is -2.31. The average Bonchev–Trinajstić information content (AvgIpc) is 2.97. The van der Waals surface area contributed by atoms with Gasteiger partial charge in [-0.15, -0.1) is 5.10 Å². The van der Waals surface area contributed by atoms with E-state index in [1.54, 1.807) is 18.3 Å². The minimum atomic E-state index is -0.114. The second-order valence-corrected chi connectivity index (χ2v) is 5.15. The zero-order valence-electron chi connectivity index (χ0n) is 13.0. The molecule has 0 radical (unpaired) electrons. The summed E-state index contributed by atoms with van der Waals surface area (Å²) in [6.45, 7) is 4.55. The lowest BCUT2D eigenvalue weighted by atomic mass is 10.0. The van der Waals surface area contributed by atoms with Crippen LogP contribution in [0.5, 0.6) is 0 Å². The molecule has 1 amide bonds. The Balaban J connectivity index is 1.55. The quantitative estimate of drug-likeness (QED) is 0.718. The average molecular weight is 311 g/mol. The van der Waals surface area contributed by atoms with Crippen LogP contribution in [-0.2, 0) is 0 Å². The van der Waals surface area contributed by atoms with Crippen molar-refractivity contribution in [2.24, 2.45) is 0 Å². The van der Waals surface area contributed by atoms with Crippen LogP contribution in [0.4, 0.5) is 0 Å². The van der Waals surface area contributed by atoms with E-state index in [9.17, 15) is 4.79 Å². The van der Waals surface area contributed by atoms with Crippen molar-refractivity contribution in [2.75, 3.05) is 13.2 Å². The number of hydrogen-bond donors (Lipinski definition) is 1. The molecule has 0 saturated heterocycles. The third-order valence-corrected chi connectivity index (χ3v) is 3.63. The number of carbonyl (C=O) groups excluding carboxylic acids is 1. The van der Waals surface area contributed by atoms with Crippen LogP contribution < -0.4 is 10.2 Å². The smallest absolute Gasteiger partial charge is 0.251 e. The van der Waals surface area contributed by atoms with Crippen LogP contribution in [0.1, 0.15) is 21.5 Å². The maximum absolute atomic E-state index is 12.2. The first-order valence-electron chi connectivity index (χ1n) is 7.31. The Morgan fingerprint density at radius 1 is 1.26 bits per heavy atom. The number of rotatable bonds is 5. The normalized spacial score (nSPS) is 10.7. The topological polar surface area (TPSA) is 81.9 Å². The number of hydrogen-bond acceptors (Lipinski definition) is 5. The summed E-state index contributed by atoms with van der Waals surface area (Å²) in [7, 11) is 0. The molecule has 0 aliphatic carbocycles. The summed E-state index contributed by atoms with van der Waals surface area (Å²) in [5.41, 5.74) is 3.96. The van der Waals surface area contributed by atoms with Gasteiger partial charge in [-0.05, 0) is 48.4 Å². The molecule has 3 aromatic rings. The molecule has 0 fully saturated rings. The molecule has 3 rings (SSSR count). The number of fused-ring (bicyclic) bond motifs is 1. The Kier molecular flexibility index (Phi) is 4.18. The van der Waals surface area contributed by atoms with E-state index in [0.29, 0.717) is 23.3 Å². The van der Waals surface area contributed by atoms with Gasteiger partial charge in [0.15, 0.2) is 0 Å². The van der Waals surface area contributed by atoms with Crippen molar-refractivity contribution in [3.05, 3.63) is 53.2 Å². The zero-order chi connectivity index (χ0) is 16.2. The molecule has 0 aliphatic heterocycles. The molecular weight excluding hydrogens is 294 g/mol. The van der Waals surface area contributed by atoms with Crippen LogP contribution >= 0.6 is 0 Å². The highest BCUT2D eigenvalue weighted by Crippen LogP contribution is 2.12. The van der Waals surface area contributed by atoms with E-state index < -0.39 is 0 Å². The molecule has 2 heterocycles. The van der Waals surface area contributed by atoms with Gasteiger partial charge >= 0.3 is 0 Å². The molecule has 0 spiro atoms. The summed E-state index contributed by atoms with van der Waals surface area (Å²) in [6, 6.07) is 9.26. The fraction of sp³-hybridized carbons (Fsp3) is 0.250. The van der Waals surface area contributed by atoms with E-state index in [2.05, 4.69) is 20.6 Å². The van der Waals surface area contributed by atoms with E-state index in [4.69, 9.17) is 4.84 Å². The highest BCUT2D eigenvalue weighted by Gasteiger charge is 2.10. The van der Waals surface area contributed by atoms with Crippen molar-refractivity contribution in [1.82, 2.24) is 25.5 Å². The standard InChI is InChI=1S/C16H17N5O2/c1-11-5-3-6-13(12(11)2)16(22)18-9-10-23-21-15-14(19-20-21)7-4-8-17-15/h3-8H,9-10H2,1-2H3,(H,18,22). The van der Waals surface area contributed by atoms with Gasteiger partial charge in [0.2, 0.25) is 5.65 Å². The number of aryl methyl sites for hydroxylation is 1. The van der Waals surface area contributed by atoms with Crippen molar-refractivity contribution >= 4 is 17.1 Å². The van der Waals surface area contributed by atoms with Crippen molar-refractivity contribution in [1.29, 1.82) is 0 Å². The first kappa shape index (κ1) is 15.0. The van der Waals surface area contributed by atoms with Gasteiger partial charge < -0.3 is 10.2 Å². The Bertz CT molecular complexity index is 843. The molecule has 7 nitrogen and oxygen atoms in total. The number of benzene rings is 1. The highest BCUT2D eigenvalue weighted by molar-refractivity contribution is 5.95. The molecule has 7 heteroatoms. The second kappa shape index (κ2) is 6.43. The Labute approximate surface area is 133 Å². The van der Waals surface area contributed by atoms with Gasteiger partial charge in [-0.1, -0.05) is 17.0 Å². The van der Waals surface area contributed by atoms with Crippen molar-refractivity contribution in [2.45, 2.75) is 13.8 Å². The summed E-state index contributed by atoms with van der Waals surface area (Å²) in [5.74, 6) is -0.114. The Morgan fingerprint density at radius 2 is 2.13 bits per heavy atom. The number of aromatic nitrogens is 4. The summed E-state index contributed by atoms with van der Waals surface area (Å²) in [4.78, 5) is 23.1. The molecule has 0 saturated carbocycles. The molecule has 118 valence electrons. The lowest BCUT2D eigenvalue weighted by Gasteiger charge is -2.10. The van der Waals surface area contributed by atoms with Crippen LogP contribution in [-0.4, -0.2) is 39.2 Å². The van der Waals surface area contributed by atoms with Gasteiger partial charge in [0.25, 0.3) is 5.91 Å². The van der Waals surface area contributed by atoms with Crippen LogP contribution in [0.3, 0.4) is 0 Å². The van der Waals surface area contributed by atoms with Gasteiger partial charge in [0, 0.05) is 11.8 Å². The van der Waals surface area contributed by atoms with E-state index in [1.807, 2.05) is 32.0 Å². The maximum atomic E-state index is 12.2.